The van der Waals surface area contributed by atoms with Crippen LogP contribution < -0.4 is 10.6 Å². The largest absolute Gasteiger partial charge is 0.349 e. The van der Waals surface area contributed by atoms with E-state index in [-0.39, 0.29) is 36.1 Å². The van der Waals surface area contributed by atoms with Crippen molar-refractivity contribution in [2.45, 2.75) is 32.7 Å². The normalized spacial score (nSPS) is 18.3. The van der Waals surface area contributed by atoms with Gasteiger partial charge >= 0.3 is 0 Å². The number of rotatable bonds is 4. The van der Waals surface area contributed by atoms with Crippen LogP contribution in [0.1, 0.15) is 37.1 Å². The Hall–Kier alpha value is -1.92. The number of hydrogen-bond donors (Lipinski definition) is 2. The van der Waals surface area contributed by atoms with Crippen LogP contribution in [-0.4, -0.2) is 28.8 Å². The highest BCUT2D eigenvalue weighted by Gasteiger charge is 2.23. The van der Waals surface area contributed by atoms with E-state index in [0.29, 0.717) is 0 Å². The lowest BCUT2D eigenvalue weighted by Gasteiger charge is -2.24. The Morgan fingerprint density at radius 2 is 2.12 bits per heavy atom. The monoisotopic (exact) mass is 366 g/mol. The number of carbonyl (C=O) groups excluding carboxylic acids is 1. The molecule has 2 unspecified atom stereocenters. The van der Waals surface area contributed by atoms with Crippen molar-refractivity contribution in [1.29, 1.82) is 0 Å². The van der Waals surface area contributed by atoms with Crippen LogP contribution in [0.3, 0.4) is 0 Å². The van der Waals surface area contributed by atoms with Crippen LogP contribution in [0.25, 0.3) is 5.69 Å². The maximum atomic E-state index is 13.1. The summed E-state index contributed by atoms with van der Waals surface area (Å²) in [5.74, 6) is -0.150. The van der Waals surface area contributed by atoms with Crippen LogP contribution in [0.15, 0.2) is 30.5 Å². The third-order valence-corrected chi connectivity index (χ3v) is 4.61. The summed E-state index contributed by atoms with van der Waals surface area (Å²) in [5, 5.41) is 10.7. The average Bonchev–Trinajstić information content (AvgIpc) is 2.98. The Morgan fingerprint density at radius 3 is 2.76 bits per heavy atom. The van der Waals surface area contributed by atoms with E-state index in [2.05, 4.69) is 15.7 Å². The molecule has 0 saturated carbocycles. The van der Waals surface area contributed by atoms with E-state index >= 15 is 0 Å². The number of benzene rings is 1. The molecule has 0 bridgehead atoms. The van der Waals surface area contributed by atoms with E-state index in [4.69, 9.17) is 0 Å². The predicted molar refractivity (Wildman–Crippen MR) is 97.7 cm³/mol. The highest BCUT2D eigenvalue weighted by atomic mass is 35.5. The molecule has 1 aliphatic rings. The number of nitrogens with one attached hydrogen (secondary N) is 2. The summed E-state index contributed by atoms with van der Waals surface area (Å²) in [6, 6.07) is 6.09. The Morgan fingerprint density at radius 1 is 1.40 bits per heavy atom. The lowest BCUT2D eigenvalue weighted by molar-refractivity contribution is -0.126. The van der Waals surface area contributed by atoms with Crippen molar-refractivity contribution in [3.8, 4) is 5.69 Å². The first kappa shape index (κ1) is 19.4. The van der Waals surface area contributed by atoms with Crippen LogP contribution in [0.4, 0.5) is 4.39 Å². The number of hydrogen-bond acceptors (Lipinski definition) is 3. The molecule has 2 N–H and O–H groups in total. The number of halogens is 2. The fourth-order valence-electron chi connectivity index (χ4n) is 3.17. The molecular weight excluding hydrogens is 343 g/mol. The van der Waals surface area contributed by atoms with E-state index < -0.39 is 0 Å². The van der Waals surface area contributed by atoms with Gasteiger partial charge in [-0.15, -0.1) is 12.4 Å². The molecule has 2 atom stereocenters. The van der Waals surface area contributed by atoms with Gasteiger partial charge in [-0.25, -0.2) is 9.07 Å². The van der Waals surface area contributed by atoms with Crippen LogP contribution in [0.5, 0.6) is 0 Å². The van der Waals surface area contributed by atoms with Crippen molar-refractivity contribution < 1.29 is 9.18 Å². The third-order valence-electron chi connectivity index (χ3n) is 4.61. The summed E-state index contributed by atoms with van der Waals surface area (Å²) >= 11 is 0. The van der Waals surface area contributed by atoms with Gasteiger partial charge < -0.3 is 10.6 Å². The van der Waals surface area contributed by atoms with Gasteiger partial charge in [-0.05, 0) is 57.5 Å². The maximum absolute atomic E-state index is 13.1. The highest BCUT2D eigenvalue weighted by molar-refractivity contribution is 5.85. The molecule has 2 heterocycles. The quantitative estimate of drug-likeness (QED) is 0.874. The Labute approximate surface area is 153 Å². The van der Waals surface area contributed by atoms with Gasteiger partial charge in [0.2, 0.25) is 5.91 Å². The summed E-state index contributed by atoms with van der Waals surface area (Å²) in [7, 11) is 0. The van der Waals surface area contributed by atoms with Crippen LogP contribution >= 0.6 is 12.4 Å². The van der Waals surface area contributed by atoms with Crippen molar-refractivity contribution in [2.75, 3.05) is 13.1 Å². The van der Waals surface area contributed by atoms with Crippen LogP contribution in [0.2, 0.25) is 0 Å². The maximum Gasteiger partial charge on any atom is 0.224 e. The second-order valence-corrected chi connectivity index (χ2v) is 6.35. The smallest absolute Gasteiger partial charge is 0.224 e. The first-order chi connectivity index (χ1) is 11.6. The fourth-order valence-corrected chi connectivity index (χ4v) is 3.17. The lowest BCUT2D eigenvalue weighted by Crippen LogP contribution is -2.41. The zero-order valence-electron chi connectivity index (χ0n) is 14.5. The third kappa shape index (κ3) is 4.38. The van der Waals surface area contributed by atoms with E-state index in [0.717, 1.165) is 42.9 Å². The van der Waals surface area contributed by atoms with Gasteiger partial charge in [-0.3, -0.25) is 4.79 Å². The number of carbonyl (C=O) groups is 1. The summed E-state index contributed by atoms with van der Waals surface area (Å²) in [6.45, 7) is 5.65. The molecule has 25 heavy (non-hydrogen) atoms. The van der Waals surface area contributed by atoms with Crippen molar-refractivity contribution in [3.63, 3.8) is 0 Å². The molecule has 1 saturated heterocycles. The van der Waals surface area contributed by atoms with Gasteiger partial charge in [0.25, 0.3) is 0 Å². The first-order valence-electron chi connectivity index (χ1n) is 8.38. The first-order valence-corrected chi connectivity index (χ1v) is 8.38. The van der Waals surface area contributed by atoms with Crippen molar-refractivity contribution >= 4 is 18.3 Å². The molecule has 5 nitrogen and oxygen atoms in total. The average molecular weight is 367 g/mol. The summed E-state index contributed by atoms with van der Waals surface area (Å²) in [5.41, 5.74) is 2.71. The lowest BCUT2D eigenvalue weighted by atomic mass is 9.98. The molecule has 7 heteroatoms. The molecule has 2 aromatic rings. The van der Waals surface area contributed by atoms with Gasteiger partial charge in [0.15, 0.2) is 0 Å². The molecule has 0 aliphatic carbocycles. The molecule has 1 aromatic heterocycles. The standard InChI is InChI=1S/C18H23FN4O.ClH/c1-12(22-18(24)14-4-3-9-20-10-14)17-11-21-23(13(17)2)16-7-5-15(19)6-8-16;/h5-8,11-12,14,20H,3-4,9-10H2,1-2H3,(H,22,24);1H. The number of nitrogens with zero attached hydrogens (tertiary/aromatic N) is 2. The molecule has 0 spiro atoms. The zero-order chi connectivity index (χ0) is 17.1. The molecule has 1 aliphatic heterocycles. The van der Waals surface area contributed by atoms with Gasteiger partial charge in [0.1, 0.15) is 5.82 Å². The van der Waals surface area contributed by atoms with Gasteiger partial charge in [-0.1, -0.05) is 0 Å². The van der Waals surface area contributed by atoms with Crippen molar-refractivity contribution in [1.82, 2.24) is 20.4 Å². The van der Waals surface area contributed by atoms with Crippen LogP contribution in [-0.2, 0) is 4.79 Å². The molecule has 1 amide bonds. The molecule has 1 fully saturated rings. The SMILES string of the molecule is Cc1c(C(C)NC(=O)C2CCCNC2)cnn1-c1ccc(F)cc1.Cl. The van der Waals surface area contributed by atoms with E-state index in [9.17, 15) is 9.18 Å². The van der Waals surface area contributed by atoms with Crippen molar-refractivity contribution in [2.24, 2.45) is 5.92 Å². The zero-order valence-corrected chi connectivity index (χ0v) is 15.3. The summed E-state index contributed by atoms with van der Waals surface area (Å²) in [4.78, 5) is 12.4. The van der Waals surface area contributed by atoms with Gasteiger partial charge in [-0.2, -0.15) is 5.10 Å². The number of aromatic nitrogens is 2. The Kier molecular flexibility index (Phi) is 6.56. The minimum absolute atomic E-state index is 0. The van der Waals surface area contributed by atoms with E-state index in [1.807, 2.05) is 13.8 Å². The summed E-state index contributed by atoms with van der Waals surface area (Å²) in [6.07, 6.45) is 3.73. The van der Waals surface area contributed by atoms with Gasteiger partial charge in [0.05, 0.1) is 23.8 Å². The topological polar surface area (TPSA) is 59.0 Å². The molecule has 136 valence electrons. The fraction of sp³-hybridized carbons (Fsp3) is 0.444. The number of amides is 1. The van der Waals surface area contributed by atoms with E-state index in [1.165, 1.54) is 12.1 Å². The van der Waals surface area contributed by atoms with Crippen LogP contribution in [0, 0.1) is 18.7 Å². The summed E-state index contributed by atoms with van der Waals surface area (Å²) < 4.78 is 14.8. The van der Waals surface area contributed by atoms with Crippen molar-refractivity contribution in [3.05, 3.63) is 47.5 Å². The molecule has 3 rings (SSSR count). The molecule has 0 radical (unpaired) electrons. The predicted octanol–water partition coefficient (Wildman–Crippen LogP) is 2.92. The second kappa shape index (κ2) is 8.45. The minimum Gasteiger partial charge on any atom is -0.349 e. The Bertz CT molecular complexity index is 710. The van der Waals surface area contributed by atoms with Gasteiger partial charge in [0, 0.05) is 17.8 Å². The number of piperidine rings is 1. The Balaban J connectivity index is 0.00000225. The second-order valence-electron chi connectivity index (χ2n) is 6.35. The van der Waals surface area contributed by atoms with E-state index in [1.54, 1.807) is 23.0 Å². The molecule has 1 aromatic carbocycles. The highest BCUT2D eigenvalue weighted by Crippen LogP contribution is 2.21. The molecular formula is C18H24ClFN4O. The minimum atomic E-state index is -0.273.